The number of esters is 1. The topological polar surface area (TPSA) is 358 Å². The second-order valence-corrected chi connectivity index (χ2v) is 20.2. The van der Waals surface area contributed by atoms with Gasteiger partial charge in [-0.05, 0) is 53.9 Å². The lowest BCUT2D eigenvalue weighted by molar-refractivity contribution is -0.271. The van der Waals surface area contributed by atoms with E-state index in [1.165, 1.54) is 29.8 Å². The van der Waals surface area contributed by atoms with Crippen molar-refractivity contribution in [3.63, 3.8) is 0 Å². The normalized spacial score (nSPS) is 20.7. The number of nitrogens with zero attached hydrogens (tertiary/aromatic N) is 5. The van der Waals surface area contributed by atoms with E-state index in [2.05, 4.69) is 5.32 Å². The molecule has 8 rings (SSSR count). The summed E-state index contributed by atoms with van der Waals surface area (Å²) in [5, 5.41) is 54.5. The van der Waals surface area contributed by atoms with Crippen LogP contribution in [0.3, 0.4) is 0 Å². The minimum Gasteiger partial charge on any atom is -0.479 e. The highest BCUT2D eigenvalue weighted by molar-refractivity contribution is 7.90. The molecule has 6 heterocycles. The number of aliphatic carboxylic acids is 1. The largest absolute Gasteiger partial charge is 0.479 e. The summed E-state index contributed by atoms with van der Waals surface area (Å²) in [6.45, 7) is -0.496. The van der Waals surface area contributed by atoms with Gasteiger partial charge in [0.05, 0.1) is 47.0 Å². The van der Waals surface area contributed by atoms with Gasteiger partial charge in [0.2, 0.25) is 18.1 Å². The molecule has 5 amide bonds. The molecule has 5 unspecified atom stereocenters. The van der Waals surface area contributed by atoms with Gasteiger partial charge in [0.1, 0.15) is 52.9 Å². The molecule has 4 aromatic rings. The number of benzene rings is 2. The van der Waals surface area contributed by atoms with Crippen LogP contribution in [0, 0.1) is 0 Å². The van der Waals surface area contributed by atoms with Crippen LogP contribution in [0.1, 0.15) is 47.3 Å². The summed E-state index contributed by atoms with van der Waals surface area (Å²) >= 11 is 0. The highest BCUT2D eigenvalue weighted by Crippen LogP contribution is 2.39. The van der Waals surface area contributed by atoms with Gasteiger partial charge in [-0.3, -0.25) is 33.8 Å². The molecule has 2 aromatic heterocycles. The quantitative estimate of drug-likeness (QED) is 0.0351. The number of carbonyl (C=O) groups is 7. The summed E-state index contributed by atoms with van der Waals surface area (Å²) < 4.78 is 53.7. The third-order valence-electron chi connectivity index (χ3n) is 12.8. The molecule has 6 N–H and O–H groups in total. The molecule has 2 aromatic carbocycles. The van der Waals surface area contributed by atoms with Crippen molar-refractivity contribution in [2.75, 3.05) is 50.7 Å². The highest BCUT2D eigenvalue weighted by Gasteiger charge is 2.48. The van der Waals surface area contributed by atoms with E-state index in [0.717, 1.165) is 44.2 Å². The van der Waals surface area contributed by atoms with Gasteiger partial charge in [-0.1, -0.05) is 13.0 Å². The Morgan fingerprint density at radius 1 is 0.947 bits per heavy atom. The van der Waals surface area contributed by atoms with Crippen LogP contribution in [0.25, 0.3) is 22.3 Å². The average Bonchev–Trinajstić information content (AvgIpc) is 3.92. The molecule has 0 saturated carbocycles. The smallest absolute Gasteiger partial charge is 0.412 e. The van der Waals surface area contributed by atoms with Crippen LogP contribution < -0.4 is 20.3 Å². The molecular formula is C48H50N6O20S. The monoisotopic (exact) mass is 1060 g/mol. The SMILES string of the molecule is CCc1c2c(nc3ccc(OCN(CCS(C)(=O)=O)C(=O)OCc4ccc(OC5OC(C(=O)O)C(O)C(O)C5O)c(NC(=O)CN(C)C(=O)CCN5C(=O)C=CC5=O)c4)cc13)-c1cc3c(c(=O)n1C2)COC(=O)[C@H]3O. The number of cyclic esters (lactones) is 1. The molecule has 6 atom stereocenters. The van der Waals surface area contributed by atoms with Crippen molar-refractivity contribution in [1.82, 2.24) is 24.3 Å². The maximum absolute atomic E-state index is 13.7. The third kappa shape index (κ3) is 11.3. The number of carbonyl (C=O) groups excluding carboxylic acids is 6. The molecule has 75 heavy (non-hydrogen) atoms. The Morgan fingerprint density at radius 3 is 2.37 bits per heavy atom. The van der Waals surface area contributed by atoms with Crippen molar-refractivity contribution in [3.05, 3.63) is 92.8 Å². The number of nitrogens with one attached hydrogen (secondary N) is 1. The average molecular weight is 1060 g/mol. The van der Waals surface area contributed by atoms with Crippen LogP contribution in [-0.4, -0.2) is 176 Å². The number of ether oxygens (including phenoxy) is 5. The Kier molecular flexibility index (Phi) is 15.4. The van der Waals surface area contributed by atoms with E-state index in [1.807, 2.05) is 6.92 Å². The number of hydrogen-bond donors (Lipinski definition) is 6. The zero-order chi connectivity index (χ0) is 54.2. The lowest BCUT2D eigenvalue weighted by Gasteiger charge is -2.38. The predicted molar refractivity (Wildman–Crippen MR) is 255 cm³/mol. The summed E-state index contributed by atoms with van der Waals surface area (Å²) in [5.41, 5.74) is 2.86. The van der Waals surface area contributed by atoms with E-state index in [4.69, 9.17) is 28.7 Å². The third-order valence-corrected chi connectivity index (χ3v) is 13.7. The summed E-state index contributed by atoms with van der Waals surface area (Å²) in [6, 6.07) is 10.3. The van der Waals surface area contributed by atoms with E-state index in [0.29, 0.717) is 28.7 Å². The first-order valence-electron chi connectivity index (χ1n) is 23.1. The number of hydrogen-bond acceptors (Lipinski definition) is 20. The Bertz CT molecular complexity index is 3220. The first kappa shape index (κ1) is 53.5. The molecule has 0 radical (unpaired) electrons. The van der Waals surface area contributed by atoms with Gasteiger partial charge in [0, 0.05) is 61.5 Å². The maximum atomic E-state index is 13.7. The van der Waals surface area contributed by atoms with Crippen LogP contribution in [0.15, 0.2) is 59.4 Å². The van der Waals surface area contributed by atoms with Gasteiger partial charge in [-0.15, -0.1) is 0 Å². The number of anilines is 1. The number of carboxylic acid groups (broad SMARTS) is 1. The number of aryl methyl sites for hydroxylation is 1. The zero-order valence-corrected chi connectivity index (χ0v) is 41.1. The second kappa shape index (κ2) is 21.6. The standard InChI is InChI=1S/C48H50N6O20S/c1-4-25-26-16-24(6-7-30(26)50-38-28(25)18-54-32(38)17-27-29(44(54)63)21-70-46(66)39(27)59)72-22-52(13-14-75(3,68)69)48(67)71-20-23-5-8-33(73-47-42(62)40(60)41(61)43(74-47)45(64)65)31(15-23)49-34(55)19-51(2)35(56)11-12-53-36(57)9-10-37(53)58/h5-10,15-17,39-43,47,59-62H,4,11-14,18-22H2,1-3H3,(H,49,55)(H,64,65)/t39-,40?,41?,42?,43?,47?/m0/s1. The fraction of sp³-hybridized carbons (Fsp3) is 0.396. The van der Waals surface area contributed by atoms with Crippen molar-refractivity contribution >= 4 is 68.1 Å². The van der Waals surface area contributed by atoms with Crippen molar-refractivity contribution < 1.29 is 91.2 Å². The molecule has 26 nitrogen and oxygen atoms in total. The van der Waals surface area contributed by atoms with Crippen LogP contribution in [0.4, 0.5) is 10.5 Å². The van der Waals surface area contributed by atoms with E-state index < -0.39 is 120 Å². The highest BCUT2D eigenvalue weighted by atomic mass is 32.2. The van der Waals surface area contributed by atoms with Crippen LogP contribution in [0.5, 0.6) is 11.5 Å². The molecule has 0 spiro atoms. The van der Waals surface area contributed by atoms with Crippen LogP contribution in [0.2, 0.25) is 0 Å². The van der Waals surface area contributed by atoms with E-state index in [1.54, 1.807) is 24.3 Å². The number of imide groups is 1. The van der Waals surface area contributed by atoms with Gasteiger partial charge in [-0.2, -0.15) is 0 Å². The molecule has 398 valence electrons. The van der Waals surface area contributed by atoms with Gasteiger partial charge >= 0.3 is 18.0 Å². The Morgan fingerprint density at radius 2 is 1.68 bits per heavy atom. The first-order valence-corrected chi connectivity index (χ1v) is 25.2. The number of amides is 5. The van der Waals surface area contributed by atoms with Crippen molar-refractivity contribution in [2.24, 2.45) is 0 Å². The molecule has 0 aliphatic carbocycles. The number of aromatic nitrogens is 2. The summed E-state index contributed by atoms with van der Waals surface area (Å²) in [6.07, 6.45) is -9.49. The van der Waals surface area contributed by atoms with Gasteiger partial charge in [0.25, 0.3) is 17.4 Å². The first-order chi connectivity index (χ1) is 35.5. The van der Waals surface area contributed by atoms with Crippen molar-refractivity contribution in [1.29, 1.82) is 0 Å². The Balaban J connectivity index is 0.987. The number of sulfone groups is 1. The number of pyridine rings is 2. The summed E-state index contributed by atoms with van der Waals surface area (Å²) in [7, 11) is -2.36. The molecule has 1 saturated heterocycles. The minimum atomic E-state index is -3.64. The van der Waals surface area contributed by atoms with E-state index in [9.17, 15) is 72.3 Å². The molecule has 0 bridgehead atoms. The zero-order valence-electron chi connectivity index (χ0n) is 40.2. The number of aliphatic hydroxyl groups excluding tert-OH is 4. The summed E-state index contributed by atoms with van der Waals surface area (Å²) in [4.78, 5) is 109. The lowest BCUT2D eigenvalue weighted by Crippen LogP contribution is -2.61. The molecule has 1 fully saturated rings. The molecule has 27 heteroatoms. The summed E-state index contributed by atoms with van der Waals surface area (Å²) in [5.74, 6) is -5.77. The lowest BCUT2D eigenvalue weighted by atomic mass is 9.97. The maximum Gasteiger partial charge on any atom is 0.412 e. The van der Waals surface area contributed by atoms with E-state index >= 15 is 0 Å². The second-order valence-electron chi connectivity index (χ2n) is 17.9. The van der Waals surface area contributed by atoms with Crippen molar-refractivity contribution in [2.45, 2.75) is 76.3 Å². The van der Waals surface area contributed by atoms with Crippen molar-refractivity contribution in [3.8, 4) is 22.9 Å². The van der Waals surface area contributed by atoms with Gasteiger partial charge < -0.3 is 64.0 Å². The van der Waals surface area contributed by atoms with Gasteiger partial charge in [0.15, 0.2) is 18.9 Å². The Labute approximate surface area is 425 Å². The minimum absolute atomic E-state index is 0.151. The van der Waals surface area contributed by atoms with Crippen LogP contribution in [-0.2, 0) is 79.0 Å². The Hall–Kier alpha value is -7.82. The predicted octanol–water partition coefficient (Wildman–Crippen LogP) is -0.919. The molecular weight excluding hydrogens is 1010 g/mol. The number of fused-ring (bicyclic) bond motifs is 5. The fourth-order valence-corrected chi connectivity index (χ4v) is 9.29. The molecule has 4 aliphatic heterocycles. The number of aliphatic hydroxyl groups is 4. The van der Waals surface area contributed by atoms with E-state index in [-0.39, 0.29) is 66.5 Å². The number of likely N-dealkylation sites (N-methyl/N-ethyl adjacent to an activating group) is 1. The fourth-order valence-electron chi connectivity index (χ4n) is 8.74. The number of rotatable bonds is 18. The van der Waals surface area contributed by atoms with Crippen LogP contribution >= 0.6 is 0 Å². The molecule has 4 aliphatic rings. The number of carboxylic acids is 1. The van der Waals surface area contributed by atoms with Gasteiger partial charge in [-0.25, -0.2) is 27.8 Å².